The predicted octanol–water partition coefficient (Wildman–Crippen LogP) is 2.82. The number of nitrogens with one attached hydrogen (secondary N) is 3. The van der Waals surface area contributed by atoms with Crippen molar-refractivity contribution in [2.24, 2.45) is 5.92 Å². The second-order valence-corrected chi connectivity index (χ2v) is 10.3. The van der Waals surface area contributed by atoms with E-state index in [-0.39, 0.29) is 24.1 Å². The van der Waals surface area contributed by atoms with Crippen LogP contribution in [0.3, 0.4) is 0 Å². The van der Waals surface area contributed by atoms with Crippen molar-refractivity contribution in [1.82, 2.24) is 20.2 Å². The van der Waals surface area contributed by atoms with Gasteiger partial charge in [0.25, 0.3) is 5.56 Å². The first kappa shape index (κ1) is 30.0. The summed E-state index contributed by atoms with van der Waals surface area (Å²) in [7, 11) is 0. The first-order chi connectivity index (χ1) is 20.2. The van der Waals surface area contributed by atoms with Crippen molar-refractivity contribution in [3.8, 4) is 0 Å². The number of H-pyrrole nitrogens is 1. The zero-order valence-electron chi connectivity index (χ0n) is 23.4. The van der Waals surface area contributed by atoms with E-state index < -0.39 is 47.2 Å². The molecule has 4 unspecified atom stereocenters. The SMILES string of the molecule is CCC(C)C(NC(=O)C(Cc1ccccc1)n1c(=O)[nH]c2ccccc2c1=O)C(=O)NC(Cc1ccccc1)C(=O)O. The molecule has 4 atom stereocenters. The number of hydrogen-bond donors (Lipinski definition) is 4. The maximum Gasteiger partial charge on any atom is 0.329 e. The van der Waals surface area contributed by atoms with Crippen LogP contribution in [0.1, 0.15) is 37.4 Å². The monoisotopic (exact) mass is 570 g/mol. The van der Waals surface area contributed by atoms with Crippen LogP contribution in [0.5, 0.6) is 0 Å². The van der Waals surface area contributed by atoms with Gasteiger partial charge in [0.2, 0.25) is 11.8 Å². The fraction of sp³-hybridized carbons (Fsp3) is 0.281. The number of carboxylic acids is 1. The lowest BCUT2D eigenvalue weighted by Gasteiger charge is -2.28. The summed E-state index contributed by atoms with van der Waals surface area (Å²) in [5.74, 6) is -2.97. The molecule has 0 aliphatic heterocycles. The molecule has 0 radical (unpaired) electrons. The Morgan fingerprint density at radius 2 is 1.38 bits per heavy atom. The molecule has 0 saturated heterocycles. The number of carboxylic acid groups (broad SMARTS) is 1. The van der Waals surface area contributed by atoms with Crippen molar-refractivity contribution in [3.05, 3.63) is 117 Å². The van der Waals surface area contributed by atoms with Gasteiger partial charge in [0.1, 0.15) is 18.1 Å². The van der Waals surface area contributed by atoms with Gasteiger partial charge >= 0.3 is 11.7 Å². The Balaban J connectivity index is 1.67. The average molecular weight is 571 g/mol. The third kappa shape index (κ3) is 7.01. The quantitative estimate of drug-likeness (QED) is 0.206. The molecule has 2 amide bonds. The van der Waals surface area contributed by atoms with Gasteiger partial charge in [0.15, 0.2) is 0 Å². The van der Waals surface area contributed by atoms with Crippen LogP contribution in [0.4, 0.5) is 0 Å². The molecule has 1 aromatic heterocycles. The minimum absolute atomic E-state index is 0.00854. The van der Waals surface area contributed by atoms with E-state index >= 15 is 0 Å². The zero-order chi connectivity index (χ0) is 30.2. The van der Waals surface area contributed by atoms with Crippen LogP contribution < -0.4 is 21.9 Å². The summed E-state index contributed by atoms with van der Waals surface area (Å²) in [5.41, 5.74) is 0.386. The molecular formula is C32H34N4O6. The van der Waals surface area contributed by atoms with E-state index in [4.69, 9.17) is 0 Å². The first-order valence-corrected chi connectivity index (χ1v) is 13.8. The summed E-state index contributed by atoms with van der Waals surface area (Å²) >= 11 is 0. The largest absolute Gasteiger partial charge is 0.480 e. The molecule has 4 N–H and O–H groups in total. The fourth-order valence-corrected chi connectivity index (χ4v) is 4.86. The van der Waals surface area contributed by atoms with E-state index in [0.29, 0.717) is 17.5 Å². The normalized spacial score (nSPS) is 14.0. The molecule has 0 saturated carbocycles. The Morgan fingerprint density at radius 1 is 0.810 bits per heavy atom. The van der Waals surface area contributed by atoms with Crippen LogP contribution in [0.15, 0.2) is 94.5 Å². The lowest BCUT2D eigenvalue weighted by Crippen LogP contribution is -2.56. The predicted molar refractivity (Wildman–Crippen MR) is 159 cm³/mol. The summed E-state index contributed by atoms with van der Waals surface area (Å²) in [6.07, 6.45) is 0.560. The molecule has 4 aromatic rings. The number of nitrogens with zero attached hydrogens (tertiary/aromatic N) is 1. The Hall–Kier alpha value is -4.99. The van der Waals surface area contributed by atoms with Crippen LogP contribution in [-0.4, -0.2) is 44.5 Å². The van der Waals surface area contributed by atoms with Crippen molar-refractivity contribution in [1.29, 1.82) is 0 Å². The summed E-state index contributed by atoms with van der Waals surface area (Å²) in [6.45, 7) is 3.61. The maximum absolute atomic E-state index is 13.9. The van der Waals surface area contributed by atoms with E-state index in [9.17, 15) is 29.1 Å². The van der Waals surface area contributed by atoms with Gasteiger partial charge in [-0.25, -0.2) is 14.2 Å². The number of carbonyl (C=O) groups excluding carboxylic acids is 2. The topological polar surface area (TPSA) is 150 Å². The van der Waals surface area contributed by atoms with E-state index in [0.717, 1.165) is 10.1 Å². The second kappa shape index (κ2) is 13.6. The number of aromatic nitrogens is 2. The zero-order valence-corrected chi connectivity index (χ0v) is 23.4. The number of para-hydroxylation sites is 1. The highest BCUT2D eigenvalue weighted by Crippen LogP contribution is 2.16. The number of fused-ring (bicyclic) bond motifs is 1. The smallest absolute Gasteiger partial charge is 0.329 e. The number of amides is 2. The highest BCUT2D eigenvalue weighted by Gasteiger charge is 2.33. The summed E-state index contributed by atoms with van der Waals surface area (Å²) < 4.78 is 0.881. The van der Waals surface area contributed by atoms with Gasteiger partial charge in [0, 0.05) is 12.8 Å². The van der Waals surface area contributed by atoms with E-state index in [1.54, 1.807) is 79.7 Å². The van der Waals surface area contributed by atoms with Gasteiger partial charge < -0.3 is 20.7 Å². The molecule has 10 nitrogen and oxygen atoms in total. The number of rotatable bonds is 12. The van der Waals surface area contributed by atoms with E-state index in [1.807, 2.05) is 19.1 Å². The highest BCUT2D eigenvalue weighted by atomic mass is 16.4. The molecule has 0 bridgehead atoms. The van der Waals surface area contributed by atoms with Gasteiger partial charge in [-0.05, 0) is 29.2 Å². The number of aromatic amines is 1. The second-order valence-electron chi connectivity index (χ2n) is 10.3. The lowest BCUT2D eigenvalue weighted by atomic mass is 9.96. The van der Waals surface area contributed by atoms with Gasteiger partial charge in [-0.1, -0.05) is 93.1 Å². The Labute approximate surface area is 242 Å². The molecule has 0 fully saturated rings. The molecule has 10 heteroatoms. The van der Waals surface area contributed by atoms with Crippen LogP contribution in [-0.2, 0) is 27.2 Å². The standard InChI is InChI=1S/C32H34N4O6/c1-3-20(2)27(29(38)33-25(31(40)41)18-21-12-6-4-7-13-21)35-28(37)26(19-22-14-8-5-9-15-22)36-30(39)23-16-10-11-17-24(23)34-32(36)42/h4-17,20,25-27H,3,18-19H2,1-2H3,(H,33,38)(H,34,42)(H,35,37)(H,40,41). The fourth-order valence-electron chi connectivity index (χ4n) is 4.86. The van der Waals surface area contributed by atoms with Crippen LogP contribution in [0.25, 0.3) is 10.9 Å². The molecule has 0 aliphatic carbocycles. The minimum Gasteiger partial charge on any atom is -0.480 e. The highest BCUT2D eigenvalue weighted by molar-refractivity contribution is 5.92. The van der Waals surface area contributed by atoms with Gasteiger partial charge in [0.05, 0.1) is 10.9 Å². The number of hydrogen-bond acceptors (Lipinski definition) is 5. The molecule has 0 spiro atoms. The van der Waals surface area contributed by atoms with Crippen LogP contribution >= 0.6 is 0 Å². The minimum atomic E-state index is -1.28. The van der Waals surface area contributed by atoms with Crippen molar-refractivity contribution < 1.29 is 19.5 Å². The third-order valence-corrected chi connectivity index (χ3v) is 7.41. The molecular weight excluding hydrogens is 536 g/mol. The Kier molecular flexibility index (Phi) is 9.69. The molecule has 1 heterocycles. The van der Waals surface area contributed by atoms with Gasteiger partial charge in [-0.15, -0.1) is 0 Å². The Morgan fingerprint density at radius 3 is 1.98 bits per heavy atom. The van der Waals surface area contributed by atoms with E-state index in [2.05, 4.69) is 15.6 Å². The van der Waals surface area contributed by atoms with E-state index in [1.165, 1.54) is 0 Å². The van der Waals surface area contributed by atoms with Crippen molar-refractivity contribution >= 4 is 28.7 Å². The number of aliphatic carboxylic acids is 1. The van der Waals surface area contributed by atoms with Gasteiger partial charge in [-0.3, -0.25) is 14.4 Å². The lowest BCUT2D eigenvalue weighted by molar-refractivity contribution is -0.142. The average Bonchev–Trinajstić information content (AvgIpc) is 2.99. The summed E-state index contributed by atoms with van der Waals surface area (Å²) in [4.78, 5) is 68.8. The molecule has 218 valence electrons. The molecule has 42 heavy (non-hydrogen) atoms. The first-order valence-electron chi connectivity index (χ1n) is 13.8. The molecule has 0 aliphatic rings. The summed E-state index contributed by atoms with van der Waals surface area (Å²) in [5, 5.41) is 15.4. The van der Waals surface area contributed by atoms with Gasteiger partial charge in [-0.2, -0.15) is 0 Å². The third-order valence-electron chi connectivity index (χ3n) is 7.41. The molecule has 4 rings (SSSR count). The van der Waals surface area contributed by atoms with Crippen molar-refractivity contribution in [2.75, 3.05) is 0 Å². The molecule has 3 aromatic carbocycles. The number of carbonyl (C=O) groups is 3. The van der Waals surface area contributed by atoms with Crippen molar-refractivity contribution in [3.63, 3.8) is 0 Å². The maximum atomic E-state index is 13.9. The van der Waals surface area contributed by atoms with Crippen LogP contribution in [0, 0.1) is 5.92 Å². The van der Waals surface area contributed by atoms with Crippen molar-refractivity contribution in [2.45, 2.75) is 51.2 Å². The summed E-state index contributed by atoms with van der Waals surface area (Å²) in [6, 6.07) is 20.7. The Bertz CT molecular complexity index is 1670. The number of benzene rings is 3. The van der Waals surface area contributed by atoms with Crippen LogP contribution in [0.2, 0.25) is 0 Å².